The van der Waals surface area contributed by atoms with E-state index in [9.17, 15) is 13.2 Å². The Balaban J connectivity index is 1.42. The van der Waals surface area contributed by atoms with Gasteiger partial charge in [-0.3, -0.25) is 4.79 Å². The number of nitrogens with one attached hydrogen (secondary N) is 1. The zero-order valence-electron chi connectivity index (χ0n) is 16.1. The van der Waals surface area contributed by atoms with Crippen molar-refractivity contribution in [3.05, 3.63) is 52.0 Å². The van der Waals surface area contributed by atoms with E-state index < -0.39 is 10.0 Å². The Hall–Kier alpha value is -1.71. The van der Waals surface area contributed by atoms with Crippen LogP contribution in [0.1, 0.15) is 18.4 Å². The number of halogens is 2. The molecule has 1 N–H and O–H groups in total. The third-order valence-corrected chi connectivity index (χ3v) is 8.66. The van der Waals surface area contributed by atoms with E-state index in [1.807, 2.05) is 25.1 Å². The molecule has 30 heavy (non-hydrogen) atoms. The SMILES string of the molecule is Cc1ccc2nc(NC(=O)C3CCN(S(=O)(=O)c4cc(Cl)ccc4Cl)CC3)sc2c1. The summed E-state index contributed by atoms with van der Waals surface area (Å²) in [6.07, 6.45) is 0.848. The maximum atomic E-state index is 12.9. The van der Waals surface area contributed by atoms with E-state index in [0.717, 1.165) is 15.8 Å². The number of benzene rings is 2. The third kappa shape index (κ3) is 4.33. The molecule has 0 spiro atoms. The molecule has 1 aliphatic heterocycles. The molecule has 0 atom stereocenters. The number of aromatic nitrogens is 1. The minimum atomic E-state index is -3.77. The first-order chi connectivity index (χ1) is 14.2. The topological polar surface area (TPSA) is 79.4 Å². The fourth-order valence-corrected chi connectivity index (χ4v) is 6.64. The lowest BCUT2D eigenvalue weighted by Crippen LogP contribution is -2.41. The summed E-state index contributed by atoms with van der Waals surface area (Å²) >= 11 is 13.5. The maximum absolute atomic E-state index is 12.9. The predicted molar refractivity (Wildman–Crippen MR) is 121 cm³/mol. The number of carbonyl (C=O) groups is 1. The van der Waals surface area contributed by atoms with E-state index >= 15 is 0 Å². The molecule has 0 saturated carbocycles. The van der Waals surface area contributed by atoms with E-state index in [1.54, 1.807) is 6.07 Å². The Morgan fingerprint density at radius 1 is 1.17 bits per heavy atom. The van der Waals surface area contributed by atoms with Crippen molar-refractivity contribution in [1.29, 1.82) is 0 Å². The smallest absolute Gasteiger partial charge is 0.244 e. The van der Waals surface area contributed by atoms with E-state index in [1.165, 1.54) is 27.8 Å². The van der Waals surface area contributed by atoms with Crippen LogP contribution in [0, 0.1) is 12.8 Å². The molecule has 2 aromatic carbocycles. The van der Waals surface area contributed by atoms with Crippen LogP contribution in [0.15, 0.2) is 41.3 Å². The van der Waals surface area contributed by atoms with Gasteiger partial charge in [0.1, 0.15) is 4.90 Å². The van der Waals surface area contributed by atoms with Crippen LogP contribution in [0.3, 0.4) is 0 Å². The molecule has 3 aromatic rings. The van der Waals surface area contributed by atoms with Crippen molar-refractivity contribution < 1.29 is 13.2 Å². The van der Waals surface area contributed by atoms with Crippen LogP contribution in [0.2, 0.25) is 10.0 Å². The first kappa shape index (κ1) is 21.5. The average Bonchev–Trinajstić information content (AvgIpc) is 3.11. The highest BCUT2D eigenvalue weighted by Crippen LogP contribution is 2.31. The maximum Gasteiger partial charge on any atom is 0.244 e. The number of amides is 1. The van der Waals surface area contributed by atoms with Gasteiger partial charge in [-0.15, -0.1) is 0 Å². The van der Waals surface area contributed by atoms with Crippen LogP contribution in [-0.2, 0) is 14.8 Å². The second kappa shape index (κ2) is 8.43. The van der Waals surface area contributed by atoms with Crippen molar-refractivity contribution in [3.8, 4) is 0 Å². The second-order valence-corrected chi connectivity index (χ2v) is 11.0. The van der Waals surface area contributed by atoms with E-state index in [2.05, 4.69) is 10.3 Å². The van der Waals surface area contributed by atoms with Gasteiger partial charge in [0.05, 0.1) is 15.2 Å². The molecule has 158 valence electrons. The largest absolute Gasteiger partial charge is 0.302 e. The minimum Gasteiger partial charge on any atom is -0.302 e. The highest BCUT2D eigenvalue weighted by atomic mass is 35.5. The van der Waals surface area contributed by atoms with Gasteiger partial charge in [0.25, 0.3) is 0 Å². The molecule has 10 heteroatoms. The molecule has 4 rings (SSSR count). The highest BCUT2D eigenvalue weighted by molar-refractivity contribution is 7.89. The number of carbonyl (C=O) groups excluding carboxylic acids is 1. The van der Waals surface area contributed by atoms with Crippen LogP contribution in [-0.4, -0.2) is 36.7 Å². The van der Waals surface area contributed by atoms with Crippen LogP contribution in [0.4, 0.5) is 5.13 Å². The Bertz CT molecular complexity index is 1220. The number of aryl methyl sites for hydroxylation is 1. The Labute approximate surface area is 188 Å². The van der Waals surface area contributed by atoms with Crippen molar-refractivity contribution in [2.24, 2.45) is 5.92 Å². The first-order valence-corrected chi connectivity index (χ1v) is 12.4. The number of piperidine rings is 1. The molecule has 1 amide bonds. The molecule has 0 bridgehead atoms. The summed E-state index contributed by atoms with van der Waals surface area (Å²) in [5, 5.41) is 3.88. The van der Waals surface area contributed by atoms with Gasteiger partial charge in [0.15, 0.2) is 5.13 Å². The summed E-state index contributed by atoms with van der Waals surface area (Å²) in [6, 6.07) is 10.3. The van der Waals surface area contributed by atoms with Crippen molar-refractivity contribution >= 4 is 65.8 Å². The summed E-state index contributed by atoms with van der Waals surface area (Å²) in [6.45, 7) is 2.49. The van der Waals surface area contributed by atoms with Gasteiger partial charge < -0.3 is 5.32 Å². The lowest BCUT2D eigenvalue weighted by atomic mass is 9.97. The standard InChI is InChI=1S/C20H19Cl2N3O3S2/c1-12-2-5-16-17(10-12)29-20(23-16)24-19(26)13-6-8-25(9-7-13)30(27,28)18-11-14(21)3-4-15(18)22/h2-5,10-11,13H,6-9H2,1H3,(H,23,24,26). The Kier molecular flexibility index (Phi) is 6.05. The molecular weight excluding hydrogens is 465 g/mol. The van der Waals surface area contributed by atoms with Crippen LogP contribution < -0.4 is 5.32 Å². The molecular formula is C20H19Cl2N3O3S2. The molecule has 1 saturated heterocycles. The van der Waals surface area contributed by atoms with Gasteiger partial charge in [-0.25, -0.2) is 13.4 Å². The third-order valence-electron chi connectivity index (χ3n) is 5.11. The van der Waals surface area contributed by atoms with Gasteiger partial charge in [0.2, 0.25) is 15.9 Å². The van der Waals surface area contributed by atoms with Crippen LogP contribution in [0.5, 0.6) is 0 Å². The fraction of sp³-hybridized carbons (Fsp3) is 0.300. The molecule has 0 unspecified atom stereocenters. The van der Waals surface area contributed by atoms with E-state index in [4.69, 9.17) is 23.2 Å². The lowest BCUT2D eigenvalue weighted by molar-refractivity contribution is -0.120. The molecule has 0 radical (unpaired) electrons. The van der Waals surface area contributed by atoms with E-state index in [-0.39, 0.29) is 34.8 Å². The minimum absolute atomic E-state index is 0.00987. The number of hydrogen-bond donors (Lipinski definition) is 1. The van der Waals surface area contributed by atoms with Gasteiger partial charge >= 0.3 is 0 Å². The molecule has 1 aromatic heterocycles. The summed E-state index contributed by atoms with van der Waals surface area (Å²) in [4.78, 5) is 17.1. The monoisotopic (exact) mass is 483 g/mol. The number of hydrogen-bond acceptors (Lipinski definition) is 5. The van der Waals surface area contributed by atoms with Gasteiger partial charge in [-0.2, -0.15) is 4.31 Å². The number of thiazole rings is 1. The average molecular weight is 484 g/mol. The van der Waals surface area contributed by atoms with Gasteiger partial charge in [-0.05, 0) is 55.7 Å². The van der Waals surface area contributed by atoms with Crippen LogP contribution >= 0.6 is 34.5 Å². The summed E-state index contributed by atoms with van der Waals surface area (Å²) in [5.74, 6) is -0.413. The fourth-order valence-electron chi connectivity index (χ4n) is 3.47. The summed E-state index contributed by atoms with van der Waals surface area (Å²) < 4.78 is 28.2. The lowest BCUT2D eigenvalue weighted by Gasteiger charge is -2.30. The van der Waals surface area contributed by atoms with Gasteiger partial charge in [0, 0.05) is 24.0 Å². The number of rotatable bonds is 4. The zero-order valence-corrected chi connectivity index (χ0v) is 19.2. The van der Waals surface area contributed by atoms with Crippen molar-refractivity contribution in [1.82, 2.24) is 9.29 Å². The molecule has 0 aliphatic carbocycles. The van der Waals surface area contributed by atoms with Crippen molar-refractivity contribution in [2.45, 2.75) is 24.7 Å². The van der Waals surface area contributed by atoms with Crippen LogP contribution in [0.25, 0.3) is 10.2 Å². The number of nitrogens with zero attached hydrogens (tertiary/aromatic N) is 2. The number of fused-ring (bicyclic) bond motifs is 1. The van der Waals surface area contributed by atoms with Crippen molar-refractivity contribution in [2.75, 3.05) is 18.4 Å². The molecule has 6 nitrogen and oxygen atoms in total. The summed E-state index contributed by atoms with van der Waals surface area (Å²) in [5.41, 5.74) is 1.98. The molecule has 1 aliphatic rings. The quantitative estimate of drug-likeness (QED) is 0.568. The first-order valence-electron chi connectivity index (χ1n) is 9.37. The van der Waals surface area contributed by atoms with E-state index in [0.29, 0.717) is 23.0 Å². The number of anilines is 1. The number of sulfonamides is 1. The second-order valence-electron chi connectivity index (χ2n) is 7.23. The van der Waals surface area contributed by atoms with Crippen molar-refractivity contribution in [3.63, 3.8) is 0 Å². The van der Waals surface area contributed by atoms with Gasteiger partial charge in [-0.1, -0.05) is 40.6 Å². The summed E-state index contributed by atoms with van der Waals surface area (Å²) in [7, 11) is -3.77. The predicted octanol–water partition coefficient (Wildman–Crippen LogP) is 4.95. The Morgan fingerprint density at radius 3 is 2.63 bits per heavy atom. The zero-order chi connectivity index (χ0) is 21.5. The molecule has 2 heterocycles. The molecule has 1 fully saturated rings. The normalized spacial score (nSPS) is 16.1. The Morgan fingerprint density at radius 2 is 1.90 bits per heavy atom. The highest BCUT2D eigenvalue weighted by Gasteiger charge is 2.33.